The molecule has 0 aromatic heterocycles. The largest absolute Gasteiger partial charge is 0.381 e. The molecule has 0 atom stereocenters. The molecule has 0 aliphatic rings. The lowest BCUT2D eigenvalue weighted by Crippen LogP contribution is -1.92. The zero-order valence-electron chi connectivity index (χ0n) is 3.68. The maximum Gasteiger partial charge on any atom is 0.0554 e. The van der Waals surface area contributed by atoms with Crippen molar-refractivity contribution in [3.63, 3.8) is 0 Å². The van der Waals surface area contributed by atoms with Crippen molar-refractivity contribution in [2.75, 3.05) is 19.0 Å². The molecular weight excluding hydrogens is 96.1 g/mol. The summed E-state index contributed by atoms with van der Waals surface area (Å²) in [6.45, 7) is 4.74. The van der Waals surface area contributed by atoms with E-state index in [4.69, 9.17) is 4.74 Å². The minimum absolute atomic E-state index is 0.556. The Labute approximate surface area is 44.1 Å². The van der Waals surface area contributed by atoms with Gasteiger partial charge >= 0.3 is 0 Å². The Morgan fingerprint density at radius 1 is 1.67 bits per heavy atom. The highest BCUT2D eigenvalue weighted by Crippen LogP contribution is 1.74. The van der Waals surface area contributed by atoms with Crippen LogP contribution in [0.4, 0.5) is 0 Å². The van der Waals surface area contributed by atoms with Crippen LogP contribution in [0.15, 0.2) is 0 Å². The minimum Gasteiger partial charge on any atom is -0.381 e. The van der Waals surface area contributed by atoms with Crippen molar-refractivity contribution in [2.45, 2.75) is 0 Å². The average Bonchev–Trinajstić information content (AvgIpc) is 1.61. The number of ether oxygens (including phenoxy) is 1. The number of hydrogen-bond donors (Lipinski definition) is 1. The van der Waals surface area contributed by atoms with E-state index in [0.717, 1.165) is 5.75 Å². The zero-order chi connectivity index (χ0) is 4.83. The van der Waals surface area contributed by atoms with Crippen LogP contribution in [0.25, 0.3) is 0 Å². The van der Waals surface area contributed by atoms with Gasteiger partial charge in [-0.3, -0.25) is 0 Å². The number of hydrogen-bond acceptors (Lipinski definition) is 2. The second-order valence-electron chi connectivity index (χ2n) is 0.836. The molecule has 0 saturated carbocycles. The molecule has 0 amide bonds. The van der Waals surface area contributed by atoms with E-state index in [1.165, 1.54) is 0 Å². The third-order valence-electron chi connectivity index (χ3n) is 0.380. The second kappa shape index (κ2) is 5.31. The molecule has 0 aromatic carbocycles. The van der Waals surface area contributed by atoms with Crippen molar-refractivity contribution in [3.8, 4) is 0 Å². The Morgan fingerprint density at radius 3 is 2.50 bits per heavy atom. The fourth-order valence-electron chi connectivity index (χ4n) is 0.167. The molecule has 0 rings (SSSR count). The fraction of sp³-hybridized carbons (Fsp3) is 0.750. The third kappa shape index (κ3) is 4.31. The van der Waals surface area contributed by atoms with Crippen molar-refractivity contribution in [1.29, 1.82) is 0 Å². The molecule has 0 bridgehead atoms. The number of thiol groups is 1. The molecule has 0 spiro atoms. The van der Waals surface area contributed by atoms with Gasteiger partial charge in [-0.25, -0.2) is 0 Å². The second-order valence-corrected chi connectivity index (χ2v) is 1.28. The Kier molecular flexibility index (Phi) is 5.58. The van der Waals surface area contributed by atoms with Crippen LogP contribution in [-0.2, 0) is 4.74 Å². The molecule has 2 heteroatoms. The van der Waals surface area contributed by atoms with Crippen LogP contribution in [0.5, 0.6) is 0 Å². The first-order valence-corrected chi connectivity index (χ1v) is 2.53. The molecule has 0 aliphatic heterocycles. The molecule has 0 unspecified atom stereocenters. The SMILES string of the molecule is [CH2]COCCS. The first kappa shape index (κ1) is 6.31. The van der Waals surface area contributed by atoms with Crippen LogP contribution in [0.2, 0.25) is 0 Å². The van der Waals surface area contributed by atoms with E-state index >= 15 is 0 Å². The molecule has 0 fully saturated rings. The van der Waals surface area contributed by atoms with E-state index in [-0.39, 0.29) is 0 Å². The van der Waals surface area contributed by atoms with Gasteiger partial charge in [0.05, 0.1) is 6.61 Å². The topological polar surface area (TPSA) is 9.23 Å². The van der Waals surface area contributed by atoms with E-state index in [9.17, 15) is 0 Å². The van der Waals surface area contributed by atoms with Gasteiger partial charge in [0.15, 0.2) is 0 Å². The van der Waals surface area contributed by atoms with Gasteiger partial charge in [-0.2, -0.15) is 12.6 Å². The van der Waals surface area contributed by atoms with Crippen LogP contribution in [0, 0.1) is 6.92 Å². The Hall–Kier alpha value is 0.310. The van der Waals surface area contributed by atoms with Gasteiger partial charge in [-0.05, 0) is 6.92 Å². The molecule has 0 saturated heterocycles. The molecule has 1 radical (unpaired) electrons. The van der Waals surface area contributed by atoms with Crippen molar-refractivity contribution >= 4 is 12.6 Å². The summed E-state index contributed by atoms with van der Waals surface area (Å²) in [5, 5.41) is 0. The summed E-state index contributed by atoms with van der Waals surface area (Å²) in [7, 11) is 0. The molecule has 6 heavy (non-hydrogen) atoms. The normalized spacial score (nSPS) is 9.00. The summed E-state index contributed by atoms with van der Waals surface area (Å²) in [5.74, 6) is 0.787. The summed E-state index contributed by atoms with van der Waals surface area (Å²) in [6.07, 6.45) is 0. The first-order valence-electron chi connectivity index (χ1n) is 1.89. The molecule has 0 aromatic rings. The van der Waals surface area contributed by atoms with E-state index < -0.39 is 0 Å². The maximum atomic E-state index is 4.80. The Balaban J connectivity index is 2.34. The predicted octanol–water partition coefficient (Wildman–Crippen LogP) is 0.767. The van der Waals surface area contributed by atoms with Crippen molar-refractivity contribution in [2.24, 2.45) is 0 Å². The van der Waals surface area contributed by atoms with Gasteiger partial charge in [0.1, 0.15) is 0 Å². The van der Waals surface area contributed by atoms with E-state index in [1.54, 1.807) is 0 Å². The smallest absolute Gasteiger partial charge is 0.0554 e. The molecule has 0 aliphatic carbocycles. The fourth-order valence-corrected chi connectivity index (χ4v) is 0.296. The maximum absolute atomic E-state index is 4.80. The highest BCUT2D eigenvalue weighted by molar-refractivity contribution is 7.80. The summed E-state index contributed by atoms with van der Waals surface area (Å²) in [4.78, 5) is 0. The highest BCUT2D eigenvalue weighted by Gasteiger charge is 1.73. The van der Waals surface area contributed by atoms with Crippen LogP contribution in [0.1, 0.15) is 0 Å². The third-order valence-corrected chi connectivity index (χ3v) is 0.563. The van der Waals surface area contributed by atoms with Crippen LogP contribution in [0.3, 0.4) is 0 Å². The van der Waals surface area contributed by atoms with Gasteiger partial charge in [-0.15, -0.1) is 0 Å². The minimum atomic E-state index is 0.556. The zero-order valence-corrected chi connectivity index (χ0v) is 4.58. The lowest BCUT2D eigenvalue weighted by atomic mass is 10.8. The lowest BCUT2D eigenvalue weighted by molar-refractivity contribution is 0.179. The molecular formula is C4H9OS. The van der Waals surface area contributed by atoms with Crippen LogP contribution < -0.4 is 0 Å². The molecule has 0 N–H and O–H groups in total. The average molecular weight is 105 g/mol. The van der Waals surface area contributed by atoms with Crippen LogP contribution in [-0.4, -0.2) is 19.0 Å². The van der Waals surface area contributed by atoms with E-state index in [2.05, 4.69) is 19.6 Å². The Morgan fingerprint density at radius 2 is 2.33 bits per heavy atom. The monoisotopic (exact) mass is 105 g/mol. The van der Waals surface area contributed by atoms with E-state index in [1.807, 2.05) is 0 Å². The number of rotatable bonds is 3. The quantitative estimate of drug-likeness (QED) is 0.412. The standard InChI is InChI=1S/C4H9OS/c1-2-5-3-4-6/h6H,1-4H2. The predicted molar refractivity (Wildman–Crippen MR) is 30.0 cm³/mol. The Bertz CT molecular complexity index is 19.5. The van der Waals surface area contributed by atoms with Gasteiger partial charge in [0.25, 0.3) is 0 Å². The van der Waals surface area contributed by atoms with Crippen molar-refractivity contribution in [1.82, 2.24) is 0 Å². The molecule has 37 valence electrons. The molecule has 0 heterocycles. The van der Waals surface area contributed by atoms with Gasteiger partial charge < -0.3 is 4.74 Å². The van der Waals surface area contributed by atoms with E-state index in [0.29, 0.717) is 13.2 Å². The van der Waals surface area contributed by atoms with Gasteiger partial charge in [-0.1, -0.05) is 0 Å². The molecule has 1 nitrogen and oxygen atoms in total. The lowest BCUT2D eigenvalue weighted by Gasteiger charge is -1.91. The van der Waals surface area contributed by atoms with Crippen molar-refractivity contribution in [3.05, 3.63) is 6.92 Å². The highest BCUT2D eigenvalue weighted by atomic mass is 32.1. The van der Waals surface area contributed by atoms with Gasteiger partial charge in [0, 0.05) is 12.4 Å². The van der Waals surface area contributed by atoms with Gasteiger partial charge in [0.2, 0.25) is 0 Å². The first-order chi connectivity index (χ1) is 2.91. The summed E-state index contributed by atoms with van der Waals surface area (Å²) in [6, 6.07) is 0. The summed E-state index contributed by atoms with van der Waals surface area (Å²) < 4.78 is 4.80. The van der Waals surface area contributed by atoms with Crippen LogP contribution >= 0.6 is 12.6 Å². The summed E-state index contributed by atoms with van der Waals surface area (Å²) >= 11 is 3.90. The van der Waals surface area contributed by atoms with Crippen molar-refractivity contribution < 1.29 is 4.74 Å². The summed E-state index contributed by atoms with van der Waals surface area (Å²) in [5.41, 5.74) is 0.